The van der Waals surface area contributed by atoms with Crippen LogP contribution in [-0.2, 0) is 6.54 Å². The third-order valence-electron chi connectivity index (χ3n) is 3.38. The van der Waals surface area contributed by atoms with E-state index < -0.39 is 0 Å². The number of hydrogen-bond donors (Lipinski definition) is 0. The van der Waals surface area contributed by atoms with Crippen LogP contribution in [0.25, 0.3) is 0 Å². The van der Waals surface area contributed by atoms with Crippen molar-refractivity contribution in [2.45, 2.75) is 58.5 Å². The van der Waals surface area contributed by atoms with Gasteiger partial charge in [0.1, 0.15) is 0 Å². The molecule has 0 radical (unpaired) electrons. The lowest BCUT2D eigenvalue weighted by molar-refractivity contribution is 0.194. The van der Waals surface area contributed by atoms with Crippen LogP contribution in [0.2, 0.25) is 0 Å². The third-order valence-corrected chi connectivity index (χ3v) is 3.38. The molecule has 0 aromatic carbocycles. The molecule has 1 aromatic heterocycles. The molecule has 2 rings (SSSR count). The van der Waals surface area contributed by atoms with Crippen molar-refractivity contribution in [1.82, 2.24) is 15.0 Å². The highest BCUT2D eigenvalue weighted by Crippen LogP contribution is 2.38. The minimum atomic E-state index is 0.547. The fourth-order valence-corrected chi connectivity index (χ4v) is 2.07. The number of hydrogen-bond acceptors (Lipinski definition) is 4. The van der Waals surface area contributed by atoms with Crippen molar-refractivity contribution in [2.24, 2.45) is 5.92 Å². The summed E-state index contributed by atoms with van der Waals surface area (Å²) in [5, 5.41) is 4.04. The maximum absolute atomic E-state index is 5.29. The standard InChI is InChI=1S/C13H23N3O/c1-9(2)7-10(3)16(4)8-12-14-13(15-17-12)11-5-6-11/h9-11H,5-8H2,1-4H3/t10-/m1/s1. The van der Waals surface area contributed by atoms with E-state index in [1.165, 1.54) is 19.3 Å². The monoisotopic (exact) mass is 237 g/mol. The summed E-state index contributed by atoms with van der Waals surface area (Å²) in [6.45, 7) is 7.51. The predicted molar refractivity (Wildman–Crippen MR) is 66.7 cm³/mol. The highest BCUT2D eigenvalue weighted by Gasteiger charge is 2.29. The molecule has 0 aliphatic heterocycles. The van der Waals surface area contributed by atoms with Gasteiger partial charge in [-0.15, -0.1) is 0 Å². The van der Waals surface area contributed by atoms with E-state index >= 15 is 0 Å². The predicted octanol–water partition coefficient (Wildman–Crippen LogP) is 2.81. The van der Waals surface area contributed by atoms with Crippen molar-refractivity contribution in [3.8, 4) is 0 Å². The largest absolute Gasteiger partial charge is 0.338 e. The SMILES string of the molecule is CC(C)C[C@@H](C)N(C)Cc1nc(C2CC2)no1. The van der Waals surface area contributed by atoms with Crippen molar-refractivity contribution in [3.05, 3.63) is 11.7 Å². The average molecular weight is 237 g/mol. The van der Waals surface area contributed by atoms with Gasteiger partial charge in [-0.05, 0) is 39.2 Å². The van der Waals surface area contributed by atoms with E-state index in [0.29, 0.717) is 12.0 Å². The van der Waals surface area contributed by atoms with Gasteiger partial charge >= 0.3 is 0 Å². The zero-order chi connectivity index (χ0) is 12.4. The van der Waals surface area contributed by atoms with Gasteiger partial charge in [-0.25, -0.2) is 0 Å². The van der Waals surface area contributed by atoms with Gasteiger partial charge in [0, 0.05) is 12.0 Å². The lowest BCUT2D eigenvalue weighted by Crippen LogP contribution is -2.29. The molecule has 1 heterocycles. The van der Waals surface area contributed by atoms with Gasteiger partial charge in [0.15, 0.2) is 5.82 Å². The molecule has 4 heteroatoms. The molecular formula is C13H23N3O. The van der Waals surface area contributed by atoms with E-state index in [-0.39, 0.29) is 0 Å². The Morgan fingerprint density at radius 3 is 2.65 bits per heavy atom. The maximum atomic E-state index is 5.29. The van der Waals surface area contributed by atoms with Crippen LogP contribution >= 0.6 is 0 Å². The second-order valence-electron chi connectivity index (χ2n) is 5.71. The smallest absolute Gasteiger partial charge is 0.240 e. The third kappa shape index (κ3) is 3.53. The summed E-state index contributed by atoms with van der Waals surface area (Å²) in [6, 6.07) is 0.547. The Hall–Kier alpha value is -0.900. The molecular weight excluding hydrogens is 214 g/mol. The van der Waals surface area contributed by atoms with Gasteiger partial charge in [-0.1, -0.05) is 19.0 Å². The Morgan fingerprint density at radius 2 is 2.06 bits per heavy atom. The van der Waals surface area contributed by atoms with Crippen LogP contribution in [0.4, 0.5) is 0 Å². The van der Waals surface area contributed by atoms with Gasteiger partial charge in [0.2, 0.25) is 5.89 Å². The van der Waals surface area contributed by atoms with E-state index in [2.05, 4.69) is 42.9 Å². The van der Waals surface area contributed by atoms with Crippen LogP contribution in [0, 0.1) is 5.92 Å². The van der Waals surface area contributed by atoms with Crippen LogP contribution in [0.5, 0.6) is 0 Å². The summed E-state index contributed by atoms with van der Waals surface area (Å²) in [5.74, 6) is 2.96. The Morgan fingerprint density at radius 1 is 1.35 bits per heavy atom. The van der Waals surface area contributed by atoms with Gasteiger partial charge in [0.05, 0.1) is 6.54 Å². The molecule has 17 heavy (non-hydrogen) atoms. The first-order valence-electron chi connectivity index (χ1n) is 6.59. The summed E-state index contributed by atoms with van der Waals surface area (Å²) in [7, 11) is 2.12. The molecule has 1 aromatic rings. The van der Waals surface area contributed by atoms with Crippen LogP contribution in [0.15, 0.2) is 4.52 Å². The normalized spacial score (nSPS) is 18.0. The molecule has 1 aliphatic carbocycles. The van der Waals surface area contributed by atoms with E-state index in [9.17, 15) is 0 Å². The van der Waals surface area contributed by atoms with E-state index in [1.807, 2.05) is 0 Å². The van der Waals surface area contributed by atoms with Gasteiger partial charge in [-0.2, -0.15) is 4.98 Å². The second-order valence-corrected chi connectivity index (χ2v) is 5.71. The fourth-order valence-electron chi connectivity index (χ4n) is 2.07. The first kappa shape index (κ1) is 12.6. The fraction of sp³-hybridized carbons (Fsp3) is 0.846. The Balaban J connectivity index is 1.85. The maximum Gasteiger partial charge on any atom is 0.240 e. The highest BCUT2D eigenvalue weighted by molar-refractivity contribution is 5.03. The molecule has 0 spiro atoms. The first-order valence-corrected chi connectivity index (χ1v) is 6.59. The lowest BCUT2D eigenvalue weighted by Gasteiger charge is -2.24. The summed E-state index contributed by atoms with van der Waals surface area (Å²) < 4.78 is 5.29. The molecule has 96 valence electrons. The molecule has 0 amide bonds. The van der Waals surface area contributed by atoms with Crippen LogP contribution in [-0.4, -0.2) is 28.1 Å². The molecule has 1 saturated carbocycles. The van der Waals surface area contributed by atoms with E-state index in [4.69, 9.17) is 4.52 Å². The van der Waals surface area contributed by atoms with Gasteiger partial charge in [-0.3, -0.25) is 4.90 Å². The van der Waals surface area contributed by atoms with Crippen molar-refractivity contribution in [2.75, 3.05) is 7.05 Å². The highest BCUT2D eigenvalue weighted by atomic mass is 16.5. The summed E-state index contributed by atoms with van der Waals surface area (Å²) in [6.07, 6.45) is 3.64. The number of rotatable bonds is 6. The molecule has 0 unspecified atom stereocenters. The zero-order valence-corrected chi connectivity index (χ0v) is 11.3. The summed E-state index contributed by atoms with van der Waals surface area (Å²) in [5.41, 5.74) is 0. The molecule has 0 N–H and O–H groups in total. The number of nitrogens with zero attached hydrogens (tertiary/aromatic N) is 3. The van der Waals surface area contributed by atoms with Crippen molar-refractivity contribution in [3.63, 3.8) is 0 Å². The average Bonchev–Trinajstić information content (AvgIpc) is 2.99. The van der Waals surface area contributed by atoms with Crippen LogP contribution in [0.1, 0.15) is 57.7 Å². The lowest BCUT2D eigenvalue weighted by atomic mass is 10.0. The van der Waals surface area contributed by atoms with E-state index in [1.54, 1.807) is 0 Å². The molecule has 4 nitrogen and oxygen atoms in total. The molecule has 1 atom stereocenters. The first-order chi connectivity index (χ1) is 8.06. The summed E-state index contributed by atoms with van der Waals surface area (Å²) >= 11 is 0. The zero-order valence-electron chi connectivity index (χ0n) is 11.3. The molecule has 0 saturated heterocycles. The Kier molecular flexibility index (Phi) is 3.82. The molecule has 0 bridgehead atoms. The second kappa shape index (κ2) is 5.17. The minimum Gasteiger partial charge on any atom is -0.338 e. The van der Waals surface area contributed by atoms with Gasteiger partial charge in [0.25, 0.3) is 0 Å². The minimum absolute atomic E-state index is 0.547. The van der Waals surface area contributed by atoms with Crippen molar-refractivity contribution < 1.29 is 4.52 Å². The van der Waals surface area contributed by atoms with Crippen LogP contribution < -0.4 is 0 Å². The van der Waals surface area contributed by atoms with Crippen LogP contribution in [0.3, 0.4) is 0 Å². The Bertz CT molecular complexity index is 357. The topological polar surface area (TPSA) is 42.2 Å². The van der Waals surface area contributed by atoms with Crippen molar-refractivity contribution in [1.29, 1.82) is 0 Å². The molecule has 1 aliphatic rings. The number of aromatic nitrogens is 2. The molecule has 1 fully saturated rings. The quantitative estimate of drug-likeness (QED) is 0.763. The van der Waals surface area contributed by atoms with Gasteiger partial charge < -0.3 is 4.52 Å². The summed E-state index contributed by atoms with van der Waals surface area (Å²) in [4.78, 5) is 6.74. The van der Waals surface area contributed by atoms with Crippen molar-refractivity contribution >= 4 is 0 Å². The van der Waals surface area contributed by atoms with E-state index in [0.717, 1.165) is 24.2 Å². The Labute approximate surface area is 103 Å².